The van der Waals surface area contributed by atoms with E-state index in [-0.39, 0.29) is 24.2 Å². The molecule has 1 aliphatic carbocycles. The van der Waals surface area contributed by atoms with Gasteiger partial charge in [0.05, 0.1) is 0 Å². The molecule has 3 atom stereocenters. The molecule has 1 saturated carbocycles. The smallest absolute Gasteiger partial charge is 0.166 e. The third kappa shape index (κ3) is 2.03. The Bertz CT molecular complexity index is 358. The van der Waals surface area contributed by atoms with Gasteiger partial charge in [-0.25, -0.2) is 0 Å². The summed E-state index contributed by atoms with van der Waals surface area (Å²) < 4.78 is 0. The van der Waals surface area contributed by atoms with Crippen LogP contribution in [0.25, 0.3) is 0 Å². The molecule has 0 aliphatic heterocycles. The first-order valence-corrected chi connectivity index (χ1v) is 5.99. The van der Waals surface area contributed by atoms with Crippen LogP contribution in [-0.4, -0.2) is 17.5 Å². The SMILES string of the molecule is CCC[C@@H]1[C@@H](CO)[C@H]1C(=O)c1ccccc1. The van der Waals surface area contributed by atoms with Gasteiger partial charge in [0, 0.05) is 18.1 Å². The molecule has 1 N–H and O–H groups in total. The molecular formula is C14H18O2. The zero-order valence-corrected chi connectivity index (χ0v) is 9.60. The molecule has 1 aromatic carbocycles. The summed E-state index contributed by atoms with van der Waals surface area (Å²) >= 11 is 0. The first kappa shape index (κ1) is 11.3. The predicted octanol–water partition coefficient (Wildman–Crippen LogP) is 2.52. The molecule has 2 heteroatoms. The van der Waals surface area contributed by atoms with Crippen molar-refractivity contribution in [1.82, 2.24) is 0 Å². The number of aliphatic hydroxyl groups is 1. The summed E-state index contributed by atoms with van der Waals surface area (Å²) in [4.78, 5) is 12.2. The molecule has 0 bridgehead atoms. The highest BCUT2D eigenvalue weighted by Crippen LogP contribution is 2.50. The number of hydrogen-bond acceptors (Lipinski definition) is 2. The molecule has 0 heterocycles. The number of carbonyl (C=O) groups excluding carboxylic acids is 1. The van der Waals surface area contributed by atoms with Gasteiger partial charge in [-0.3, -0.25) is 4.79 Å². The number of Topliss-reactive ketones (excluding diaryl/α,β-unsaturated/α-hetero) is 1. The van der Waals surface area contributed by atoms with Gasteiger partial charge in [-0.2, -0.15) is 0 Å². The fourth-order valence-corrected chi connectivity index (χ4v) is 2.60. The molecule has 1 aromatic rings. The summed E-state index contributed by atoms with van der Waals surface area (Å²) in [5.41, 5.74) is 0.782. The number of carbonyl (C=O) groups is 1. The molecule has 0 radical (unpaired) electrons. The van der Waals surface area contributed by atoms with Crippen molar-refractivity contribution >= 4 is 5.78 Å². The Balaban J connectivity index is 2.06. The Hall–Kier alpha value is -1.15. The van der Waals surface area contributed by atoms with E-state index in [1.807, 2.05) is 30.3 Å². The highest BCUT2D eigenvalue weighted by Gasteiger charge is 2.52. The number of hydrogen-bond donors (Lipinski definition) is 1. The molecule has 0 aromatic heterocycles. The molecule has 2 nitrogen and oxygen atoms in total. The second-order valence-corrected chi connectivity index (χ2v) is 4.56. The number of aliphatic hydroxyl groups excluding tert-OH is 1. The van der Waals surface area contributed by atoms with E-state index in [1.165, 1.54) is 0 Å². The van der Waals surface area contributed by atoms with Crippen molar-refractivity contribution in [2.45, 2.75) is 19.8 Å². The maximum absolute atomic E-state index is 12.2. The lowest BCUT2D eigenvalue weighted by Crippen LogP contribution is -2.05. The summed E-state index contributed by atoms with van der Waals surface area (Å²) in [6, 6.07) is 9.41. The van der Waals surface area contributed by atoms with Gasteiger partial charge in [-0.05, 0) is 18.3 Å². The van der Waals surface area contributed by atoms with Crippen LogP contribution in [0.1, 0.15) is 30.1 Å². The van der Waals surface area contributed by atoms with Crippen LogP contribution >= 0.6 is 0 Å². The molecule has 2 rings (SSSR count). The Labute approximate surface area is 96.3 Å². The van der Waals surface area contributed by atoms with Crippen molar-refractivity contribution in [1.29, 1.82) is 0 Å². The highest BCUT2D eigenvalue weighted by molar-refractivity contribution is 6.00. The quantitative estimate of drug-likeness (QED) is 0.771. The molecule has 1 aliphatic rings. The van der Waals surface area contributed by atoms with Gasteiger partial charge in [-0.1, -0.05) is 43.7 Å². The van der Waals surface area contributed by atoms with Crippen LogP contribution < -0.4 is 0 Å². The third-order valence-electron chi connectivity index (χ3n) is 3.53. The predicted molar refractivity (Wildman–Crippen MR) is 63.2 cm³/mol. The van der Waals surface area contributed by atoms with Crippen LogP contribution in [-0.2, 0) is 0 Å². The van der Waals surface area contributed by atoms with E-state index in [9.17, 15) is 9.90 Å². The van der Waals surface area contributed by atoms with Crippen LogP contribution in [0, 0.1) is 17.8 Å². The first-order chi connectivity index (χ1) is 7.79. The Kier molecular flexibility index (Phi) is 3.39. The minimum Gasteiger partial charge on any atom is -0.396 e. The van der Waals surface area contributed by atoms with Gasteiger partial charge in [0.15, 0.2) is 5.78 Å². The maximum atomic E-state index is 12.2. The maximum Gasteiger partial charge on any atom is 0.166 e. The summed E-state index contributed by atoms with van der Waals surface area (Å²) in [6.45, 7) is 2.27. The zero-order valence-electron chi connectivity index (χ0n) is 9.60. The van der Waals surface area contributed by atoms with Crippen molar-refractivity contribution in [2.75, 3.05) is 6.61 Å². The molecule has 0 unspecified atom stereocenters. The molecular weight excluding hydrogens is 200 g/mol. The van der Waals surface area contributed by atoms with E-state index in [0.717, 1.165) is 18.4 Å². The lowest BCUT2D eigenvalue weighted by atomic mass is 10.0. The number of ketones is 1. The van der Waals surface area contributed by atoms with Crippen LogP contribution in [0.4, 0.5) is 0 Å². The normalized spacial score (nSPS) is 27.8. The Morgan fingerprint density at radius 2 is 1.94 bits per heavy atom. The fourth-order valence-electron chi connectivity index (χ4n) is 2.60. The average molecular weight is 218 g/mol. The van der Waals surface area contributed by atoms with Gasteiger partial charge < -0.3 is 5.11 Å². The first-order valence-electron chi connectivity index (χ1n) is 5.99. The van der Waals surface area contributed by atoms with E-state index in [1.54, 1.807) is 0 Å². The van der Waals surface area contributed by atoms with E-state index >= 15 is 0 Å². The summed E-state index contributed by atoms with van der Waals surface area (Å²) in [6.07, 6.45) is 2.13. The molecule has 0 saturated heterocycles. The van der Waals surface area contributed by atoms with E-state index in [2.05, 4.69) is 6.92 Å². The molecule has 86 valence electrons. The van der Waals surface area contributed by atoms with Crippen LogP contribution in [0.5, 0.6) is 0 Å². The van der Waals surface area contributed by atoms with Crippen molar-refractivity contribution in [2.24, 2.45) is 17.8 Å². The van der Waals surface area contributed by atoms with Gasteiger partial charge >= 0.3 is 0 Å². The van der Waals surface area contributed by atoms with Crippen molar-refractivity contribution in [3.05, 3.63) is 35.9 Å². The van der Waals surface area contributed by atoms with E-state index in [0.29, 0.717) is 5.92 Å². The van der Waals surface area contributed by atoms with Crippen molar-refractivity contribution in [3.8, 4) is 0 Å². The summed E-state index contributed by atoms with van der Waals surface area (Å²) in [7, 11) is 0. The van der Waals surface area contributed by atoms with Crippen LogP contribution in [0.2, 0.25) is 0 Å². The largest absolute Gasteiger partial charge is 0.396 e. The third-order valence-corrected chi connectivity index (χ3v) is 3.53. The topological polar surface area (TPSA) is 37.3 Å². The lowest BCUT2D eigenvalue weighted by molar-refractivity contribution is 0.0949. The van der Waals surface area contributed by atoms with Gasteiger partial charge in [0.1, 0.15) is 0 Å². The lowest BCUT2D eigenvalue weighted by Gasteiger charge is -1.99. The van der Waals surface area contributed by atoms with Gasteiger partial charge in [0.25, 0.3) is 0 Å². The van der Waals surface area contributed by atoms with Crippen molar-refractivity contribution in [3.63, 3.8) is 0 Å². The van der Waals surface area contributed by atoms with Crippen LogP contribution in [0.3, 0.4) is 0 Å². The van der Waals surface area contributed by atoms with E-state index < -0.39 is 0 Å². The van der Waals surface area contributed by atoms with E-state index in [4.69, 9.17) is 0 Å². The minimum atomic E-state index is 0.0624. The minimum absolute atomic E-state index is 0.0624. The van der Waals surface area contributed by atoms with Gasteiger partial charge in [-0.15, -0.1) is 0 Å². The fraction of sp³-hybridized carbons (Fsp3) is 0.500. The second kappa shape index (κ2) is 4.79. The summed E-state index contributed by atoms with van der Waals surface area (Å²) in [5, 5.41) is 9.22. The average Bonchev–Trinajstić information content (AvgIpc) is 3.03. The van der Waals surface area contributed by atoms with Crippen molar-refractivity contribution < 1.29 is 9.90 Å². The van der Waals surface area contributed by atoms with Crippen LogP contribution in [0.15, 0.2) is 30.3 Å². The Morgan fingerprint density at radius 3 is 2.50 bits per heavy atom. The monoisotopic (exact) mass is 218 g/mol. The standard InChI is InChI=1S/C14H18O2/c1-2-6-11-12(9-15)13(11)14(16)10-7-4-3-5-8-10/h3-5,7-8,11-13,15H,2,6,9H2,1H3/t11-,12-,13+/m1/s1. The molecule has 1 fully saturated rings. The highest BCUT2D eigenvalue weighted by atomic mass is 16.3. The number of benzene rings is 1. The number of rotatable bonds is 5. The van der Waals surface area contributed by atoms with Gasteiger partial charge in [0.2, 0.25) is 0 Å². The molecule has 0 spiro atoms. The zero-order chi connectivity index (χ0) is 11.5. The molecule has 16 heavy (non-hydrogen) atoms. The Morgan fingerprint density at radius 1 is 1.25 bits per heavy atom. The molecule has 0 amide bonds. The second-order valence-electron chi connectivity index (χ2n) is 4.56. The summed E-state index contributed by atoms with van der Waals surface area (Å²) in [5.74, 6) is 0.876.